The summed E-state index contributed by atoms with van der Waals surface area (Å²) in [6.45, 7) is 3.85. The van der Waals surface area contributed by atoms with Crippen molar-refractivity contribution in [3.05, 3.63) is 64.7 Å². The highest BCUT2D eigenvalue weighted by molar-refractivity contribution is 6.06. The van der Waals surface area contributed by atoms with E-state index in [4.69, 9.17) is 5.11 Å². The predicted octanol–water partition coefficient (Wildman–Crippen LogP) is 3.18. The summed E-state index contributed by atoms with van der Waals surface area (Å²) in [6.07, 6.45) is -0.122. The number of benzene rings is 2. The first-order chi connectivity index (χ1) is 9.99. The smallest absolute Gasteiger partial charge is 0.307 e. The number of para-hydroxylation sites is 1. The van der Waals surface area contributed by atoms with Crippen molar-refractivity contribution in [2.45, 2.75) is 20.3 Å². The van der Waals surface area contributed by atoms with Gasteiger partial charge in [0.25, 0.3) is 5.91 Å². The zero-order valence-electron chi connectivity index (χ0n) is 12.0. The molecule has 0 aromatic heterocycles. The highest BCUT2D eigenvalue weighted by Crippen LogP contribution is 2.19. The van der Waals surface area contributed by atoms with Crippen molar-refractivity contribution in [3.63, 3.8) is 0 Å². The Balaban J connectivity index is 2.28. The van der Waals surface area contributed by atoms with E-state index in [0.717, 1.165) is 11.1 Å². The Morgan fingerprint density at radius 3 is 2.48 bits per heavy atom. The van der Waals surface area contributed by atoms with Gasteiger partial charge in [0.2, 0.25) is 0 Å². The Bertz CT molecular complexity index is 692. The molecule has 0 radical (unpaired) electrons. The molecule has 0 aliphatic rings. The molecule has 0 saturated heterocycles. The summed E-state index contributed by atoms with van der Waals surface area (Å²) in [6, 6.07) is 12.5. The largest absolute Gasteiger partial charge is 0.481 e. The molecule has 0 bridgehead atoms. The predicted molar refractivity (Wildman–Crippen MR) is 81.7 cm³/mol. The van der Waals surface area contributed by atoms with Crippen molar-refractivity contribution in [1.29, 1.82) is 0 Å². The number of amides is 1. The van der Waals surface area contributed by atoms with Gasteiger partial charge in [-0.1, -0.05) is 30.3 Å². The molecule has 2 aromatic rings. The standard InChI is InChI=1S/C17H17NO3/c1-11-6-5-8-14(12(11)2)17(21)18-15-9-4-3-7-13(15)10-16(19)20/h3-9H,10H2,1-2H3,(H,18,21)(H,19,20). The van der Waals surface area contributed by atoms with Gasteiger partial charge in [-0.2, -0.15) is 0 Å². The number of carbonyl (C=O) groups excluding carboxylic acids is 1. The molecular formula is C17H17NO3. The third-order valence-corrected chi connectivity index (χ3v) is 3.46. The van der Waals surface area contributed by atoms with Crippen LogP contribution < -0.4 is 5.32 Å². The van der Waals surface area contributed by atoms with Gasteiger partial charge in [0.05, 0.1) is 6.42 Å². The monoisotopic (exact) mass is 283 g/mol. The van der Waals surface area contributed by atoms with Crippen LogP contribution in [-0.2, 0) is 11.2 Å². The number of aliphatic carboxylic acids is 1. The van der Waals surface area contributed by atoms with Gasteiger partial charge >= 0.3 is 5.97 Å². The van der Waals surface area contributed by atoms with E-state index in [9.17, 15) is 9.59 Å². The van der Waals surface area contributed by atoms with Crippen LogP contribution in [0.1, 0.15) is 27.0 Å². The molecule has 108 valence electrons. The Hall–Kier alpha value is -2.62. The van der Waals surface area contributed by atoms with E-state index >= 15 is 0 Å². The fourth-order valence-electron chi connectivity index (χ4n) is 2.15. The first-order valence-corrected chi connectivity index (χ1v) is 6.66. The normalized spacial score (nSPS) is 10.2. The molecule has 0 saturated carbocycles. The number of hydrogen-bond donors (Lipinski definition) is 2. The maximum atomic E-state index is 12.4. The molecule has 2 rings (SSSR count). The van der Waals surface area contributed by atoms with Crippen LogP contribution in [0.15, 0.2) is 42.5 Å². The molecule has 4 nitrogen and oxygen atoms in total. The quantitative estimate of drug-likeness (QED) is 0.905. The van der Waals surface area contributed by atoms with Crippen LogP contribution in [-0.4, -0.2) is 17.0 Å². The topological polar surface area (TPSA) is 66.4 Å². The molecule has 1 amide bonds. The molecule has 0 fully saturated rings. The number of carbonyl (C=O) groups is 2. The molecule has 0 heterocycles. The maximum absolute atomic E-state index is 12.4. The van der Waals surface area contributed by atoms with Gasteiger partial charge in [-0.05, 0) is 42.7 Å². The number of anilines is 1. The Kier molecular flexibility index (Phi) is 4.38. The zero-order valence-corrected chi connectivity index (χ0v) is 12.0. The average Bonchev–Trinajstić information content (AvgIpc) is 2.43. The third-order valence-electron chi connectivity index (χ3n) is 3.46. The van der Waals surface area contributed by atoms with E-state index in [0.29, 0.717) is 16.8 Å². The van der Waals surface area contributed by atoms with E-state index in [1.165, 1.54) is 0 Å². The first-order valence-electron chi connectivity index (χ1n) is 6.66. The molecular weight excluding hydrogens is 266 g/mol. The van der Waals surface area contributed by atoms with Gasteiger partial charge in [-0.25, -0.2) is 0 Å². The van der Waals surface area contributed by atoms with Crippen molar-refractivity contribution in [1.82, 2.24) is 0 Å². The molecule has 2 N–H and O–H groups in total. The summed E-state index contributed by atoms with van der Waals surface area (Å²) in [4.78, 5) is 23.2. The lowest BCUT2D eigenvalue weighted by molar-refractivity contribution is -0.136. The molecule has 0 aliphatic carbocycles. The Morgan fingerprint density at radius 1 is 1.05 bits per heavy atom. The average molecular weight is 283 g/mol. The van der Waals surface area contributed by atoms with E-state index in [2.05, 4.69) is 5.32 Å². The van der Waals surface area contributed by atoms with Gasteiger partial charge in [-0.15, -0.1) is 0 Å². The van der Waals surface area contributed by atoms with Crippen LogP contribution in [0.2, 0.25) is 0 Å². The highest BCUT2D eigenvalue weighted by atomic mass is 16.4. The van der Waals surface area contributed by atoms with Crippen molar-refractivity contribution in [2.75, 3.05) is 5.32 Å². The molecule has 0 unspecified atom stereocenters. The summed E-state index contributed by atoms with van der Waals surface area (Å²) in [5, 5.41) is 11.7. The van der Waals surface area contributed by atoms with Crippen molar-refractivity contribution in [2.24, 2.45) is 0 Å². The van der Waals surface area contributed by atoms with Crippen LogP contribution in [0.5, 0.6) is 0 Å². The van der Waals surface area contributed by atoms with Crippen LogP contribution in [0, 0.1) is 13.8 Å². The number of carboxylic acid groups (broad SMARTS) is 1. The number of rotatable bonds is 4. The van der Waals surface area contributed by atoms with Crippen LogP contribution in [0.4, 0.5) is 5.69 Å². The summed E-state index contributed by atoms with van der Waals surface area (Å²) in [7, 11) is 0. The van der Waals surface area contributed by atoms with E-state index in [1.807, 2.05) is 26.0 Å². The second-order valence-electron chi connectivity index (χ2n) is 4.93. The van der Waals surface area contributed by atoms with E-state index in [-0.39, 0.29) is 12.3 Å². The maximum Gasteiger partial charge on any atom is 0.307 e. The van der Waals surface area contributed by atoms with E-state index in [1.54, 1.807) is 30.3 Å². The summed E-state index contributed by atoms with van der Waals surface area (Å²) >= 11 is 0. The lowest BCUT2D eigenvalue weighted by Gasteiger charge is -2.12. The van der Waals surface area contributed by atoms with Gasteiger partial charge < -0.3 is 10.4 Å². The molecule has 4 heteroatoms. The minimum absolute atomic E-state index is 0.122. The molecule has 0 atom stereocenters. The van der Waals surface area contributed by atoms with Gasteiger partial charge in [0.1, 0.15) is 0 Å². The number of nitrogens with one attached hydrogen (secondary N) is 1. The van der Waals surface area contributed by atoms with Crippen LogP contribution in [0.25, 0.3) is 0 Å². The fourth-order valence-corrected chi connectivity index (χ4v) is 2.15. The minimum Gasteiger partial charge on any atom is -0.481 e. The summed E-state index contributed by atoms with van der Waals surface area (Å²) in [5.41, 5.74) is 3.68. The zero-order chi connectivity index (χ0) is 15.4. The first kappa shape index (κ1) is 14.8. The number of carboxylic acids is 1. The molecule has 2 aromatic carbocycles. The molecule has 21 heavy (non-hydrogen) atoms. The number of hydrogen-bond acceptors (Lipinski definition) is 2. The lowest BCUT2D eigenvalue weighted by atomic mass is 10.0. The van der Waals surface area contributed by atoms with E-state index < -0.39 is 5.97 Å². The van der Waals surface area contributed by atoms with Crippen molar-refractivity contribution >= 4 is 17.6 Å². The fraction of sp³-hybridized carbons (Fsp3) is 0.176. The second-order valence-corrected chi connectivity index (χ2v) is 4.93. The molecule has 0 aliphatic heterocycles. The van der Waals surface area contributed by atoms with Crippen molar-refractivity contribution < 1.29 is 14.7 Å². The summed E-state index contributed by atoms with van der Waals surface area (Å²) < 4.78 is 0. The highest BCUT2D eigenvalue weighted by Gasteiger charge is 2.13. The van der Waals surface area contributed by atoms with Crippen molar-refractivity contribution in [3.8, 4) is 0 Å². The Morgan fingerprint density at radius 2 is 1.76 bits per heavy atom. The van der Waals surface area contributed by atoms with Gasteiger partial charge in [0.15, 0.2) is 0 Å². The minimum atomic E-state index is -0.927. The third kappa shape index (κ3) is 3.48. The number of aryl methyl sites for hydroxylation is 1. The van der Waals surface area contributed by atoms with Gasteiger partial charge in [-0.3, -0.25) is 9.59 Å². The summed E-state index contributed by atoms with van der Waals surface area (Å²) in [5.74, 6) is -1.16. The SMILES string of the molecule is Cc1cccc(C(=O)Nc2ccccc2CC(=O)O)c1C. The second kappa shape index (κ2) is 6.22. The Labute approximate surface area is 123 Å². The van der Waals surface area contributed by atoms with Gasteiger partial charge in [0, 0.05) is 11.3 Å². The van der Waals surface area contributed by atoms with Crippen LogP contribution >= 0.6 is 0 Å². The molecule has 0 spiro atoms. The van der Waals surface area contributed by atoms with Crippen LogP contribution in [0.3, 0.4) is 0 Å². The lowest BCUT2D eigenvalue weighted by Crippen LogP contribution is -2.16.